The van der Waals surface area contributed by atoms with Gasteiger partial charge in [-0.05, 0) is 54.1 Å². The van der Waals surface area contributed by atoms with Crippen LogP contribution in [-0.2, 0) is 32.6 Å². The molecule has 0 heterocycles. The Labute approximate surface area is 254 Å². The molecule has 0 aromatic heterocycles. The quantitative estimate of drug-likeness (QED) is 0.231. The van der Waals surface area contributed by atoms with Crippen LogP contribution in [0.3, 0.4) is 0 Å². The van der Waals surface area contributed by atoms with E-state index >= 15 is 0 Å². The van der Waals surface area contributed by atoms with Crippen LogP contribution in [0.15, 0.2) is 108 Å². The lowest BCUT2D eigenvalue weighted by molar-refractivity contribution is -0.139. The summed E-state index contributed by atoms with van der Waals surface area (Å²) in [5, 5.41) is 3.17. The number of amides is 2. The highest BCUT2D eigenvalue weighted by Crippen LogP contribution is 2.29. The Morgan fingerprint density at radius 1 is 0.833 bits per heavy atom. The second kappa shape index (κ2) is 13.8. The molecular weight excluding hydrogens is 600 g/mol. The van der Waals surface area contributed by atoms with E-state index in [-0.39, 0.29) is 33.6 Å². The highest BCUT2D eigenvalue weighted by atomic mass is 35.5. The lowest BCUT2D eigenvalue weighted by atomic mass is 10.0. The standard InChI is InChI=1S/C31H28Cl2FN3O4S/c1-35-31(39)29(19-22-9-4-2-5-10-22)36(20-26-27(32)13-8-14-28(26)33)30(38)21-37(24-17-15-23(34)16-18-24)42(40,41)25-11-6-3-7-12-25/h2-18,29H,19-21H2,1H3,(H,35,39). The molecule has 0 aliphatic heterocycles. The topological polar surface area (TPSA) is 86.8 Å². The molecule has 4 rings (SSSR count). The van der Waals surface area contributed by atoms with Gasteiger partial charge in [0.1, 0.15) is 18.4 Å². The molecule has 0 radical (unpaired) electrons. The van der Waals surface area contributed by atoms with Gasteiger partial charge in [0.25, 0.3) is 10.0 Å². The average molecular weight is 629 g/mol. The first-order valence-corrected chi connectivity index (χ1v) is 15.1. The summed E-state index contributed by atoms with van der Waals surface area (Å²) in [5.74, 6) is -1.73. The summed E-state index contributed by atoms with van der Waals surface area (Å²) in [6, 6.07) is 25.3. The van der Waals surface area contributed by atoms with Crippen molar-refractivity contribution in [3.63, 3.8) is 0 Å². The zero-order valence-corrected chi connectivity index (χ0v) is 24.9. The summed E-state index contributed by atoms with van der Waals surface area (Å²) < 4.78 is 42.4. The number of likely N-dealkylation sites (N-methyl/N-ethyl adjacent to an activating group) is 1. The van der Waals surface area contributed by atoms with Crippen LogP contribution in [0, 0.1) is 5.82 Å². The van der Waals surface area contributed by atoms with E-state index in [9.17, 15) is 22.4 Å². The van der Waals surface area contributed by atoms with E-state index in [0.717, 1.165) is 22.0 Å². The molecule has 42 heavy (non-hydrogen) atoms. The van der Waals surface area contributed by atoms with Crippen LogP contribution in [0.5, 0.6) is 0 Å². The molecule has 1 unspecified atom stereocenters. The molecule has 7 nitrogen and oxygen atoms in total. The van der Waals surface area contributed by atoms with Crippen molar-refractivity contribution in [2.75, 3.05) is 17.9 Å². The normalized spacial score (nSPS) is 11.9. The highest BCUT2D eigenvalue weighted by Gasteiger charge is 2.35. The maximum absolute atomic E-state index is 14.2. The largest absolute Gasteiger partial charge is 0.357 e. The Hall–Kier alpha value is -3.92. The number of sulfonamides is 1. The van der Waals surface area contributed by atoms with Gasteiger partial charge in [0.15, 0.2) is 0 Å². The number of halogens is 3. The first-order chi connectivity index (χ1) is 20.1. The SMILES string of the molecule is CNC(=O)C(Cc1ccccc1)N(Cc1c(Cl)cccc1Cl)C(=O)CN(c1ccc(F)cc1)S(=O)(=O)c1ccccc1. The van der Waals surface area contributed by atoms with Crippen molar-refractivity contribution in [2.45, 2.75) is 23.9 Å². The molecule has 11 heteroatoms. The Bertz CT molecular complexity index is 1620. The second-order valence-electron chi connectivity index (χ2n) is 9.34. The number of benzene rings is 4. The molecule has 0 spiro atoms. The lowest BCUT2D eigenvalue weighted by Gasteiger charge is -2.34. The van der Waals surface area contributed by atoms with Gasteiger partial charge in [-0.3, -0.25) is 13.9 Å². The summed E-state index contributed by atoms with van der Waals surface area (Å²) in [4.78, 5) is 28.7. The van der Waals surface area contributed by atoms with Gasteiger partial charge >= 0.3 is 0 Å². The van der Waals surface area contributed by atoms with Crippen LogP contribution >= 0.6 is 23.2 Å². The van der Waals surface area contributed by atoms with Crippen molar-refractivity contribution in [2.24, 2.45) is 0 Å². The van der Waals surface area contributed by atoms with Crippen LogP contribution in [0.1, 0.15) is 11.1 Å². The Morgan fingerprint density at radius 3 is 1.98 bits per heavy atom. The fraction of sp³-hybridized carbons (Fsp3) is 0.161. The number of carbonyl (C=O) groups is 2. The average Bonchev–Trinajstić information content (AvgIpc) is 3.00. The molecule has 0 saturated carbocycles. The fourth-order valence-corrected chi connectivity index (χ4v) is 6.38. The van der Waals surface area contributed by atoms with Crippen molar-refractivity contribution in [1.82, 2.24) is 10.2 Å². The lowest BCUT2D eigenvalue weighted by Crippen LogP contribution is -2.53. The van der Waals surface area contributed by atoms with Crippen LogP contribution in [0.4, 0.5) is 10.1 Å². The molecular formula is C31H28Cl2FN3O4S. The van der Waals surface area contributed by atoms with E-state index in [1.807, 2.05) is 30.3 Å². The first kappa shape index (κ1) is 31.0. The van der Waals surface area contributed by atoms with E-state index in [0.29, 0.717) is 5.56 Å². The molecule has 0 fully saturated rings. The van der Waals surface area contributed by atoms with Crippen molar-refractivity contribution in [3.8, 4) is 0 Å². The van der Waals surface area contributed by atoms with Gasteiger partial charge in [-0.25, -0.2) is 12.8 Å². The Morgan fingerprint density at radius 2 is 1.40 bits per heavy atom. The molecule has 4 aromatic carbocycles. The van der Waals surface area contributed by atoms with Gasteiger partial charge in [0, 0.05) is 35.6 Å². The number of anilines is 1. The Kier molecular flexibility index (Phi) is 10.2. The maximum Gasteiger partial charge on any atom is 0.264 e. The monoisotopic (exact) mass is 627 g/mol. The number of hydrogen-bond acceptors (Lipinski definition) is 4. The van der Waals surface area contributed by atoms with Gasteiger partial charge in [0.05, 0.1) is 10.6 Å². The van der Waals surface area contributed by atoms with Gasteiger partial charge in [-0.15, -0.1) is 0 Å². The van der Waals surface area contributed by atoms with Crippen molar-refractivity contribution >= 4 is 50.7 Å². The zero-order chi connectivity index (χ0) is 30.3. The van der Waals surface area contributed by atoms with E-state index in [1.165, 1.54) is 36.2 Å². The molecule has 218 valence electrons. The summed E-state index contributed by atoms with van der Waals surface area (Å²) in [6.07, 6.45) is 0.135. The minimum Gasteiger partial charge on any atom is -0.357 e. The molecule has 0 aliphatic carbocycles. The predicted molar refractivity (Wildman–Crippen MR) is 162 cm³/mol. The third kappa shape index (κ3) is 7.28. The van der Waals surface area contributed by atoms with Crippen LogP contribution in [0.2, 0.25) is 10.0 Å². The Balaban J connectivity index is 1.81. The van der Waals surface area contributed by atoms with Gasteiger partial charge in [-0.2, -0.15) is 0 Å². The minimum absolute atomic E-state index is 0.0602. The number of nitrogens with one attached hydrogen (secondary N) is 1. The number of rotatable bonds is 11. The van der Waals surface area contributed by atoms with E-state index < -0.39 is 40.2 Å². The van der Waals surface area contributed by atoms with Crippen LogP contribution in [0.25, 0.3) is 0 Å². The molecule has 2 amide bonds. The highest BCUT2D eigenvalue weighted by molar-refractivity contribution is 7.92. The summed E-state index contributed by atoms with van der Waals surface area (Å²) in [5.41, 5.74) is 1.25. The number of carbonyl (C=O) groups excluding carboxylic acids is 2. The van der Waals surface area contributed by atoms with Gasteiger partial charge in [-0.1, -0.05) is 77.8 Å². The number of hydrogen-bond donors (Lipinski definition) is 1. The predicted octanol–water partition coefficient (Wildman–Crippen LogP) is 5.71. The number of nitrogens with zero attached hydrogens (tertiary/aromatic N) is 2. The van der Waals surface area contributed by atoms with Crippen LogP contribution in [-0.4, -0.2) is 44.8 Å². The summed E-state index contributed by atoms with van der Waals surface area (Å²) >= 11 is 12.9. The maximum atomic E-state index is 14.2. The first-order valence-electron chi connectivity index (χ1n) is 12.9. The smallest absolute Gasteiger partial charge is 0.264 e. The van der Waals surface area contributed by atoms with Gasteiger partial charge < -0.3 is 10.2 Å². The van der Waals surface area contributed by atoms with Crippen molar-refractivity contribution in [3.05, 3.63) is 130 Å². The minimum atomic E-state index is -4.28. The molecule has 1 atom stereocenters. The molecule has 0 aliphatic rings. The molecule has 0 bridgehead atoms. The molecule has 1 N–H and O–H groups in total. The van der Waals surface area contributed by atoms with Crippen molar-refractivity contribution in [1.29, 1.82) is 0 Å². The molecule has 0 saturated heterocycles. The van der Waals surface area contributed by atoms with E-state index in [2.05, 4.69) is 5.32 Å². The summed E-state index contributed by atoms with van der Waals surface area (Å²) in [6.45, 7) is -0.863. The fourth-order valence-electron chi connectivity index (χ4n) is 4.43. The second-order valence-corrected chi connectivity index (χ2v) is 12.0. The summed E-state index contributed by atoms with van der Waals surface area (Å²) in [7, 11) is -2.83. The zero-order valence-electron chi connectivity index (χ0n) is 22.6. The third-order valence-electron chi connectivity index (χ3n) is 6.63. The van der Waals surface area contributed by atoms with E-state index in [1.54, 1.807) is 36.4 Å². The third-order valence-corrected chi connectivity index (χ3v) is 9.13. The van der Waals surface area contributed by atoms with E-state index in [4.69, 9.17) is 23.2 Å². The molecule has 4 aromatic rings. The van der Waals surface area contributed by atoms with Crippen LogP contribution < -0.4 is 9.62 Å². The van der Waals surface area contributed by atoms with Crippen molar-refractivity contribution < 1.29 is 22.4 Å². The van der Waals surface area contributed by atoms with Gasteiger partial charge in [0.2, 0.25) is 11.8 Å².